The molecular weight excluding hydrogens is 667 g/mol. The van der Waals surface area contributed by atoms with Gasteiger partial charge in [-0.05, 0) is 85.9 Å². The fourth-order valence-corrected chi connectivity index (χ4v) is 8.38. The van der Waals surface area contributed by atoms with Crippen molar-refractivity contribution in [3.8, 4) is 50.7 Å². The van der Waals surface area contributed by atoms with Crippen molar-refractivity contribution in [3.63, 3.8) is 0 Å². The lowest BCUT2D eigenvalue weighted by Gasteiger charge is -2.15. The zero-order valence-corrected chi connectivity index (χ0v) is 29.9. The number of para-hydroxylation sites is 2. The number of nitrogens with zero attached hydrogens (tertiary/aromatic N) is 3. The zero-order valence-electron chi connectivity index (χ0n) is 29.9. The van der Waals surface area contributed by atoms with Gasteiger partial charge in [0.15, 0.2) is 5.82 Å². The maximum Gasteiger partial charge on any atom is 0.160 e. The summed E-state index contributed by atoms with van der Waals surface area (Å²) in [4.78, 5) is 10.5. The molecule has 0 atom stereocenters. The van der Waals surface area contributed by atoms with E-state index in [1.165, 1.54) is 59.7 Å². The van der Waals surface area contributed by atoms with Crippen LogP contribution in [-0.2, 0) is 0 Å². The highest BCUT2D eigenvalue weighted by Crippen LogP contribution is 2.41. The number of rotatable bonds is 5. The van der Waals surface area contributed by atoms with Gasteiger partial charge >= 0.3 is 0 Å². The van der Waals surface area contributed by atoms with Crippen LogP contribution in [0.3, 0.4) is 0 Å². The molecule has 0 fully saturated rings. The van der Waals surface area contributed by atoms with Crippen LogP contribution in [0.2, 0.25) is 0 Å². The minimum Gasteiger partial charge on any atom is -0.309 e. The van der Waals surface area contributed by atoms with E-state index in [4.69, 9.17) is 9.97 Å². The third-order valence-corrected chi connectivity index (χ3v) is 11.0. The van der Waals surface area contributed by atoms with Gasteiger partial charge in [-0.3, -0.25) is 0 Å². The standard InChI is InChI=1S/C52H33N3/c1-3-14-37(15-4-1)52-53-47(33-48(54-52)51-42-20-10-8-16-39(42)32-45-41-19-9-7-13-35(41)27-29-44(45)51)36-25-23-34(24-26-36)38-28-30-50-46(31-38)43-21-11-12-22-49(43)55(50)40-17-5-2-6-18-40/h1-33H. The smallest absolute Gasteiger partial charge is 0.160 e. The Hall–Kier alpha value is -7.36. The second kappa shape index (κ2) is 12.6. The van der Waals surface area contributed by atoms with Crippen molar-refractivity contribution in [2.45, 2.75) is 0 Å². The van der Waals surface area contributed by atoms with Crippen LogP contribution >= 0.6 is 0 Å². The molecule has 3 heteroatoms. The molecule has 0 radical (unpaired) electrons. The summed E-state index contributed by atoms with van der Waals surface area (Å²) >= 11 is 0. The summed E-state index contributed by atoms with van der Waals surface area (Å²) in [5, 5.41) is 9.72. The maximum atomic E-state index is 5.31. The molecule has 0 saturated carbocycles. The Bertz CT molecular complexity index is 3230. The third kappa shape index (κ3) is 5.20. The quantitative estimate of drug-likeness (QED) is 0.132. The van der Waals surface area contributed by atoms with Gasteiger partial charge in [-0.2, -0.15) is 0 Å². The highest BCUT2D eigenvalue weighted by molar-refractivity contribution is 6.20. The van der Waals surface area contributed by atoms with Gasteiger partial charge in [-0.1, -0.05) is 158 Å². The van der Waals surface area contributed by atoms with Crippen LogP contribution in [0.25, 0.3) is 105 Å². The molecule has 11 rings (SSSR count). The Balaban J connectivity index is 1.07. The monoisotopic (exact) mass is 699 g/mol. The van der Waals surface area contributed by atoms with Crippen molar-refractivity contribution >= 4 is 54.1 Å². The van der Waals surface area contributed by atoms with Crippen molar-refractivity contribution in [1.29, 1.82) is 0 Å². The van der Waals surface area contributed by atoms with Crippen molar-refractivity contribution in [3.05, 3.63) is 200 Å². The molecule has 0 aliphatic heterocycles. The van der Waals surface area contributed by atoms with Gasteiger partial charge in [0.25, 0.3) is 0 Å². The molecule has 0 amide bonds. The van der Waals surface area contributed by atoms with E-state index in [-0.39, 0.29) is 0 Å². The van der Waals surface area contributed by atoms with Crippen LogP contribution < -0.4 is 0 Å². The fourth-order valence-electron chi connectivity index (χ4n) is 8.38. The van der Waals surface area contributed by atoms with Crippen LogP contribution in [0, 0.1) is 0 Å². The molecule has 2 heterocycles. The number of hydrogen-bond donors (Lipinski definition) is 0. The Morgan fingerprint density at radius 2 is 0.927 bits per heavy atom. The lowest BCUT2D eigenvalue weighted by atomic mass is 9.91. The van der Waals surface area contributed by atoms with Crippen LogP contribution in [0.1, 0.15) is 0 Å². The van der Waals surface area contributed by atoms with E-state index in [2.05, 4.69) is 187 Å². The van der Waals surface area contributed by atoms with E-state index < -0.39 is 0 Å². The van der Waals surface area contributed by atoms with Gasteiger partial charge in [0.2, 0.25) is 0 Å². The first-order valence-electron chi connectivity index (χ1n) is 18.7. The highest BCUT2D eigenvalue weighted by atomic mass is 15.0. The molecule has 256 valence electrons. The SMILES string of the molecule is c1ccc(-c2nc(-c3ccc(-c4ccc5c(c4)c4ccccc4n5-c4ccccc4)cc3)cc(-c3c4ccccc4cc4c3ccc3ccccc34)n2)cc1. The molecule has 0 spiro atoms. The van der Waals surface area contributed by atoms with Crippen LogP contribution in [-0.4, -0.2) is 14.5 Å². The number of aromatic nitrogens is 3. The first kappa shape index (κ1) is 31.2. The minimum atomic E-state index is 0.708. The summed E-state index contributed by atoms with van der Waals surface area (Å²) in [6, 6.07) is 71.5. The zero-order chi connectivity index (χ0) is 36.3. The Labute approximate surface area is 318 Å². The van der Waals surface area contributed by atoms with E-state index in [9.17, 15) is 0 Å². The lowest BCUT2D eigenvalue weighted by Crippen LogP contribution is -1.97. The average molecular weight is 700 g/mol. The summed E-state index contributed by atoms with van der Waals surface area (Å²) in [6.45, 7) is 0. The first-order valence-corrected chi connectivity index (χ1v) is 18.7. The first-order chi connectivity index (χ1) is 27.3. The summed E-state index contributed by atoms with van der Waals surface area (Å²) in [7, 11) is 0. The summed E-state index contributed by atoms with van der Waals surface area (Å²) < 4.78 is 2.36. The van der Waals surface area contributed by atoms with Crippen LogP contribution in [0.4, 0.5) is 0 Å². The molecule has 0 N–H and O–H groups in total. The predicted octanol–water partition coefficient (Wildman–Crippen LogP) is 13.7. The average Bonchev–Trinajstić information content (AvgIpc) is 3.60. The van der Waals surface area contributed by atoms with Crippen molar-refractivity contribution in [2.75, 3.05) is 0 Å². The largest absolute Gasteiger partial charge is 0.309 e. The number of hydrogen-bond acceptors (Lipinski definition) is 2. The topological polar surface area (TPSA) is 30.7 Å². The van der Waals surface area contributed by atoms with Gasteiger partial charge in [0.1, 0.15) is 0 Å². The summed E-state index contributed by atoms with van der Waals surface area (Å²) in [5.74, 6) is 0.708. The van der Waals surface area contributed by atoms with E-state index >= 15 is 0 Å². The summed E-state index contributed by atoms with van der Waals surface area (Å²) in [6.07, 6.45) is 0. The molecule has 0 bridgehead atoms. The van der Waals surface area contributed by atoms with Crippen molar-refractivity contribution in [2.24, 2.45) is 0 Å². The molecule has 55 heavy (non-hydrogen) atoms. The maximum absolute atomic E-state index is 5.31. The fraction of sp³-hybridized carbons (Fsp3) is 0. The van der Waals surface area contributed by atoms with Gasteiger partial charge in [0.05, 0.1) is 22.4 Å². The van der Waals surface area contributed by atoms with Gasteiger partial charge in [-0.25, -0.2) is 9.97 Å². The highest BCUT2D eigenvalue weighted by Gasteiger charge is 2.18. The molecular formula is C52H33N3. The van der Waals surface area contributed by atoms with E-state index in [0.717, 1.165) is 39.3 Å². The number of fused-ring (bicyclic) bond motifs is 7. The minimum absolute atomic E-state index is 0.708. The Kier molecular flexibility index (Phi) is 7.17. The molecule has 0 aliphatic rings. The normalized spacial score (nSPS) is 11.6. The third-order valence-electron chi connectivity index (χ3n) is 11.0. The lowest BCUT2D eigenvalue weighted by molar-refractivity contribution is 1.18. The molecule has 3 nitrogen and oxygen atoms in total. The van der Waals surface area contributed by atoms with Gasteiger partial charge in [-0.15, -0.1) is 0 Å². The molecule has 11 aromatic rings. The van der Waals surface area contributed by atoms with Crippen molar-refractivity contribution in [1.82, 2.24) is 14.5 Å². The molecule has 0 saturated heterocycles. The van der Waals surface area contributed by atoms with Crippen molar-refractivity contribution < 1.29 is 0 Å². The second-order valence-corrected chi connectivity index (χ2v) is 14.2. The van der Waals surface area contributed by atoms with Gasteiger partial charge < -0.3 is 4.57 Å². The van der Waals surface area contributed by atoms with Crippen LogP contribution in [0.15, 0.2) is 200 Å². The summed E-state index contributed by atoms with van der Waals surface area (Å²) in [5.41, 5.74) is 10.9. The Morgan fingerprint density at radius 1 is 0.309 bits per heavy atom. The Morgan fingerprint density at radius 3 is 1.75 bits per heavy atom. The molecule has 0 aliphatic carbocycles. The number of benzene rings is 9. The molecule has 9 aromatic carbocycles. The van der Waals surface area contributed by atoms with E-state index in [1.54, 1.807) is 0 Å². The predicted molar refractivity (Wildman–Crippen MR) is 231 cm³/mol. The van der Waals surface area contributed by atoms with E-state index in [0.29, 0.717) is 5.82 Å². The molecule has 2 aromatic heterocycles. The molecule has 0 unspecified atom stereocenters. The van der Waals surface area contributed by atoms with E-state index in [1.807, 2.05) is 18.2 Å². The van der Waals surface area contributed by atoms with Crippen LogP contribution in [0.5, 0.6) is 0 Å². The van der Waals surface area contributed by atoms with Gasteiger partial charge in [0, 0.05) is 33.2 Å². The second-order valence-electron chi connectivity index (χ2n) is 14.2.